The van der Waals surface area contributed by atoms with E-state index in [0.717, 1.165) is 16.6 Å². The summed E-state index contributed by atoms with van der Waals surface area (Å²) < 4.78 is 10.7. The maximum Gasteiger partial charge on any atom is 0.396 e. The molecular formula is C15H14N2O2. The molecule has 96 valence electrons. The van der Waals surface area contributed by atoms with Gasteiger partial charge in [-0.05, 0) is 30.2 Å². The van der Waals surface area contributed by atoms with Gasteiger partial charge in [0.05, 0.1) is 0 Å². The van der Waals surface area contributed by atoms with Crippen molar-refractivity contribution in [3.8, 4) is 17.2 Å². The Balaban J connectivity index is 2.01. The van der Waals surface area contributed by atoms with Crippen molar-refractivity contribution in [2.24, 2.45) is 5.73 Å². The second-order valence-corrected chi connectivity index (χ2v) is 4.35. The number of fused-ring (bicyclic) bond motifs is 1. The van der Waals surface area contributed by atoms with Crippen molar-refractivity contribution in [3.05, 3.63) is 48.5 Å². The molecule has 3 aromatic rings. The molecule has 0 radical (unpaired) electrons. The van der Waals surface area contributed by atoms with E-state index < -0.39 is 6.23 Å². The van der Waals surface area contributed by atoms with Gasteiger partial charge >= 0.3 is 6.08 Å². The van der Waals surface area contributed by atoms with E-state index >= 15 is 0 Å². The molecule has 0 saturated carbocycles. The van der Waals surface area contributed by atoms with Gasteiger partial charge in [0.15, 0.2) is 5.58 Å². The van der Waals surface area contributed by atoms with Crippen molar-refractivity contribution in [1.82, 2.24) is 4.98 Å². The third-order valence-corrected chi connectivity index (χ3v) is 2.76. The second-order valence-electron chi connectivity index (χ2n) is 4.35. The summed E-state index contributed by atoms with van der Waals surface area (Å²) in [7, 11) is 0. The van der Waals surface area contributed by atoms with Crippen LogP contribution in [0.4, 0.5) is 0 Å². The SMILES string of the molecule is CC(N)Oc1nc2cc(-c3ccccc3)ccc2o1. The quantitative estimate of drug-likeness (QED) is 0.729. The van der Waals surface area contributed by atoms with Crippen LogP contribution in [0, 0.1) is 0 Å². The van der Waals surface area contributed by atoms with Gasteiger partial charge < -0.3 is 9.15 Å². The average molecular weight is 254 g/mol. The molecule has 3 rings (SSSR count). The van der Waals surface area contributed by atoms with E-state index in [1.54, 1.807) is 6.92 Å². The summed E-state index contributed by atoms with van der Waals surface area (Å²) in [5.41, 5.74) is 9.23. The summed E-state index contributed by atoms with van der Waals surface area (Å²) in [6, 6.07) is 16.0. The number of rotatable bonds is 3. The lowest BCUT2D eigenvalue weighted by Crippen LogP contribution is -2.22. The molecule has 2 aromatic carbocycles. The number of nitrogens with two attached hydrogens (primary N) is 1. The second kappa shape index (κ2) is 4.74. The highest BCUT2D eigenvalue weighted by atomic mass is 16.6. The van der Waals surface area contributed by atoms with Gasteiger partial charge in [-0.1, -0.05) is 36.4 Å². The van der Waals surface area contributed by atoms with Crippen LogP contribution in [0.3, 0.4) is 0 Å². The zero-order valence-corrected chi connectivity index (χ0v) is 10.5. The summed E-state index contributed by atoms with van der Waals surface area (Å²) in [6.07, 6.45) is -0.239. The predicted octanol–water partition coefficient (Wildman–Crippen LogP) is 3.18. The molecule has 1 heterocycles. The number of aromatic nitrogens is 1. The fourth-order valence-electron chi connectivity index (χ4n) is 1.93. The van der Waals surface area contributed by atoms with Crippen LogP contribution in [0.15, 0.2) is 52.9 Å². The molecular weight excluding hydrogens is 240 g/mol. The minimum absolute atomic E-state index is 0.204. The molecule has 4 heteroatoms. The van der Waals surface area contributed by atoms with Crippen molar-refractivity contribution >= 4 is 11.1 Å². The van der Waals surface area contributed by atoms with Crippen molar-refractivity contribution in [1.29, 1.82) is 0 Å². The standard InChI is InChI=1S/C15H14N2O2/c1-10(16)18-15-17-13-9-12(7-8-14(13)19-15)11-5-3-2-4-6-11/h2-10H,16H2,1H3. The van der Waals surface area contributed by atoms with Crippen LogP contribution in [0.1, 0.15) is 6.92 Å². The van der Waals surface area contributed by atoms with Gasteiger partial charge in [0.25, 0.3) is 0 Å². The number of hydrogen-bond donors (Lipinski definition) is 1. The molecule has 0 fully saturated rings. The van der Waals surface area contributed by atoms with Crippen molar-refractivity contribution in [2.75, 3.05) is 0 Å². The lowest BCUT2D eigenvalue weighted by atomic mass is 10.1. The lowest BCUT2D eigenvalue weighted by Gasteiger charge is -2.02. The zero-order chi connectivity index (χ0) is 13.2. The fourth-order valence-corrected chi connectivity index (χ4v) is 1.93. The van der Waals surface area contributed by atoms with Crippen molar-refractivity contribution < 1.29 is 9.15 Å². The van der Waals surface area contributed by atoms with Gasteiger partial charge in [0.2, 0.25) is 0 Å². The monoisotopic (exact) mass is 254 g/mol. The van der Waals surface area contributed by atoms with Gasteiger partial charge in [-0.3, -0.25) is 5.73 Å². The Hall–Kier alpha value is -2.33. The van der Waals surface area contributed by atoms with E-state index in [1.807, 2.05) is 36.4 Å². The molecule has 0 aliphatic carbocycles. The highest BCUT2D eigenvalue weighted by Gasteiger charge is 2.09. The zero-order valence-electron chi connectivity index (χ0n) is 10.5. The molecule has 4 nitrogen and oxygen atoms in total. The lowest BCUT2D eigenvalue weighted by molar-refractivity contribution is 0.171. The number of oxazole rings is 1. The van der Waals surface area contributed by atoms with E-state index in [0.29, 0.717) is 5.58 Å². The molecule has 0 aliphatic rings. The normalized spacial score (nSPS) is 12.5. The van der Waals surface area contributed by atoms with Gasteiger partial charge in [-0.15, -0.1) is 0 Å². The van der Waals surface area contributed by atoms with Crippen LogP contribution >= 0.6 is 0 Å². The van der Waals surface area contributed by atoms with Crippen LogP contribution in [0.25, 0.3) is 22.2 Å². The summed E-state index contributed by atoms with van der Waals surface area (Å²) >= 11 is 0. The third-order valence-electron chi connectivity index (χ3n) is 2.76. The van der Waals surface area contributed by atoms with E-state index in [4.69, 9.17) is 14.9 Å². The molecule has 1 atom stereocenters. The highest BCUT2D eigenvalue weighted by molar-refractivity contribution is 5.80. The first-order valence-corrected chi connectivity index (χ1v) is 6.10. The third kappa shape index (κ3) is 2.44. The minimum atomic E-state index is -0.443. The van der Waals surface area contributed by atoms with Gasteiger partial charge in [-0.2, -0.15) is 4.98 Å². The average Bonchev–Trinajstić information content (AvgIpc) is 2.79. The Morgan fingerprint density at radius 1 is 1.11 bits per heavy atom. The summed E-state index contributed by atoms with van der Waals surface area (Å²) in [4.78, 5) is 4.27. The Morgan fingerprint density at radius 2 is 1.89 bits per heavy atom. The van der Waals surface area contributed by atoms with Gasteiger partial charge in [0, 0.05) is 0 Å². The number of nitrogens with zero attached hydrogens (tertiary/aromatic N) is 1. The molecule has 2 N–H and O–H groups in total. The number of ether oxygens (including phenoxy) is 1. The topological polar surface area (TPSA) is 61.3 Å². The van der Waals surface area contributed by atoms with Crippen LogP contribution in [0.5, 0.6) is 6.08 Å². The van der Waals surface area contributed by atoms with E-state index in [9.17, 15) is 0 Å². The first-order chi connectivity index (χ1) is 9.22. The van der Waals surface area contributed by atoms with Crippen molar-refractivity contribution in [3.63, 3.8) is 0 Å². The Morgan fingerprint density at radius 3 is 2.63 bits per heavy atom. The predicted molar refractivity (Wildman–Crippen MR) is 73.7 cm³/mol. The Bertz CT molecular complexity index is 690. The van der Waals surface area contributed by atoms with Crippen LogP contribution in [-0.4, -0.2) is 11.2 Å². The Kier molecular flexibility index (Phi) is 2.93. The molecule has 0 aliphatic heterocycles. The van der Waals surface area contributed by atoms with Gasteiger partial charge in [0.1, 0.15) is 11.7 Å². The molecule has 1 unspecified atom stereocenters. The van der Waals surface area contributed by atoms with Crippen LogP contribution < -0.4 is 10.5 Å². The molecule has 0 saturated heterocycles. The summed E-state index contributed by atoms with van der Waals surface area (Å²) in [5.74, 6) is 0. The highest BCUT2D eigenvalue weighted by Crippen LogP contribution is 2.26. The minimum Gasteiger partial charge on any atom is -0.432 e. The summed E-state index contributed by atoms with van der Waals surface area (Å²) in [5, 5.41) is 0. The largest absolute Gasteiger partial charge is 0.432 e. The molecule has 0 amide bonds. The first kappa shape index (κ1) is 11.7. The number of hydrogen-bond acceptors (Lipinski definition) is 4. The van der Waals surface area contributed by atoms with E-state index in [2.05, 4.69) is 17.1 Å². The molecule has 1 aromatic heterocycles. The maximum atomic E-state index is 5.55. The Labute approximate surface area is 110 Å². The van der Waals surface area contributed by atoms with Crippen molar-refractivity contribution in [2.45, 2.75) is 13.2 Å². The molecule has 0 bridgehead atoms. The van der Waals surface area contributed by atoms with Gasteiger partial charge in [-0.25, -0.2) is 0 Å². The summed E-state index contributed by atoms with van der Waals surface area (Å²) in [6.45, 7) is 1.73. The first-order valence-electron chi connectivity index (χ1n) is 6.10. The fraction of sp³-hybridized carbons (Fsp3) is 0.133. The van der Waals surface area contributed by atoms with E-state index in [-0.39, 0.29) is 6.08 Å². The van der Waals surface area contributed by atoms with Crippen LogP contribution in [-0.2, 0) is 0 Å². The maximum absolute atomic E-state index is 5.55. The smallest absolute Gasteiger partial charge is 0.396 e. The van der Waals surface area contributed by atoms with E-state index in [1.165, 1.54) is 0 Å². The molecule has 0 spiro atoms. The van der Waals surface area contributed by atoms with Crippen LogP contribution in [0.2, 0.25) is 0 Å². The number of benzene rings is 2. The molecule has 19 heavy (non-hydrogen) atoms.